The Labute approximate surface area is 157 Å². The van der Waals surface area contributed by atoms with E-state index in [9.17, 15) is 14.7 Å². The highest BCUT2D eigenvalue weighted by Gasteiger charge is 2.29. The van der Waals surface area contributed by atoms with E-state index < -0.39 is 17.4 Å². The van der Waals surface area contributed by atoms with Gasteiger partial charge in [0.15, 0.2) is 0 Å². The van der Waals surface area contributed by atoms with Gasteiger partial charge in [-0.3, -0.25) is 9.59 Å². The van der Waals surface area contributed by atoms with Crippen molar-refractivity contribution < 1.29 is 19.1 Å². The minimum atomic E-state index is -1.45. The number of hydrogen-bond donors (Lipinski definition) is 3. The number of rotatable bonds is 5. The topological polar surface area (TPSA) is 91.6 Å². The van der Waals surface area contributed by atoms with Crippen LogP contribution in [0.1, 0.15) is 25.2 Å². The Balaban J connectivity index is 1.60. The van der Waals surface area contributed by atoms with Crippen molar-refractivity contribution in [3.05, 3.63) is 65.9 Å². The second kappa shape index (κ2) is 7.63. The molecule has 6 nitrogen and oxygen atoms in total. The van der Waals surface area contributed by atoms with Crippen LogP contribution in [0.4, 0.5) is 5.69 Å². The van der Waals surface area contributed by atoms with Crippen molar-refractivity contribution in [1.82, 2.24) is 5.32 Å². The summed E-state index contributed by atoms with van der Waals surface area (Å²) in [6.45, 7) is 3.40. The van der Waals surface area contributed by atoms with E-state index >= 15 is 0 Å². The van der Waals surface area contributed by atoms with Gasteiger partial charge in [0.2, 0.25) is 0 Å². The Kier molecular flexibility index (Phi) is 5.28. The first kappa shape index (κ1) is 18.7. The van der Waals surface area contributed by atoms with Gasteiger partial charge >= 0.3 is 11.8 Å². The zero-order valence-electron chi connectivity index (χ0n) is 15.3. The summed E-state index contributed by atoms with van der Waals surface area (Å²) in [6, 6.07) is 16.4. The van der Waals surface area contributed by atoms with Crippen molar-refractivity contribution in [2.75, 3.05) is 11.9 Å². The molecule has 1 heterocycles. The van der Waals surface area contributed by atoms with Gasteiger partial charge in [-0.2, -0.15) is 0 Å². The Hall–Kier alpha value is -3.12. The molecule has 0 spiro atoms. The molecular formula is C21H22N2O4. The highest BCUT2D eigenvalue weighted by atomic mass is 16.4. The van der Waals surface area contributed by atoms with Crippen molar-refractivity contribution in [3.8, 4) is 0 Å². The maximum atomic E-state index is 12.1. The quantitative estimate of drug-likeness (QED) is 0.606. The van der Waals surface area contributed by atoms with Crippen molar-refractivity contribution in [2.45, 2.75) is 25.9 Å². The van der Waals surface area contributed by atoms with Gasteiger partial charge in [0.05, 0.1) is 6.54 Å². The molecule has 1 unspecified atom stereocenters. The van der Waals surface area contributed by atoms with Crippen LogP contribution in [-0.2, 0) is 21.6 Å². The number of fused-ring (bicyclic) bond motifs is 1. The Morgan fingerprint density at radius 1 is 1.07 bits per heavy atom. The average Bonchev–Trinajstić information content (AvgIpc) is 3.12. The first-order valence-corrected chi connectivity index (χ1v) is 8.78. The molecule has 140 valence electrons. The fourth-order valence-electron chi connectivity index (χ4n) is 2.68. The van der Waals surface area contributed by atoms with E-state index in [-0.39, 0.29) is 6.54 Å². The molecule has 0 aliphatic rings. The third-order valence-electron chi connectivity index (χ3n) is 4.38. The van der Waals surface area contributed by atoms with Crippen LogP contribution < -0.4 is 10.6 Å². The summed E-state index contributed by atoms with van der Waals surface area (Å²) in [6.07, 6.45) is 0.894. The fraction of sp³-hybridized carbons (Fsp3) is 0.238. The van der Waals surface area contributed by atoms with Crippen molar-refractivity contribution >= 4 is 28.5 Å². The van der Waals surface area contributed by atoms with E-state index in [1.165, 1.54) is 6.92 Å². The highest BCUT2D eigenvalue weighted by Crippen LogP contribution is 2.27. The molecule has 0 aliphatic heterocycles. The average molecular weight is 366 g/mol. The van der Waals surface area contributed by atoms with Crippen molar-refractivity contribution in [2.24, 2.45) is 0 Å². The third-order valence-corrected chi connectivity index (χ3v) is 4.38. The summed E-state index contributed by atoms with van der Waals surface area (Å²) in [7, 11) is 0. The van der Waals surface area contributed by atoms with Gasteiger partial charge in [-0.25, -0.2) is 0 Å². The molecule has 0 saturated carbocycles. The number of carbonyl (C=O) groups excluding carboxylic acids is 2. The summed E-state index contributed by atoms with van der Waals surface area (Å²) in [5.41, 5.74) is 0.876. The van der Waals surface area contributed by atoms with Gasteiger partial charge in [0, 0.05) is 11.1 Å². The maximum Gasteiger partial charge on any atom is 0.313 e. The third kappa shape index (κ3) is 4.35. The number of amides is 2. The number of aliphatic hydroxyl groups is 1. The molecule has 3 aromatic rings. The number of hydrogen-bond acceptors (Lipinski definition) is 4. The summed E-state index contributed by atoms with van der Waals surface area (Å²) in [4.78, 5) is 24.1. The molecule has 1 aromatic heterocycles. The van der Waals surface area contributed by atoms with Crippen molar-refractivity contribution in [1.29, 1.82) is 0 Å². The zero-order chi connectivity index (χ0) is 19.4. The van der Waals surface area contributed by atoms with Gasteiger partial charge in [-0.15, -0.1) is 0 Å². The molecule has 0 radical (unpaired) electrons. The van der Waals surface area contributed by atoms with Crippen LogP contribution in [0.15, 0.2) is 59.0 Å². The molecule has 3 N–H and O–H groups in total. The van der Waals surface area contributed by atoms with Crippen LogP contribution in [0, 0.1) is 0 Å². The van der Waals surface area contributed by atoms with Crippen molar-refractivity contribution in [3.63, 3.8) is 0 Å². The van der Waals surface area contributed by atoms with E-state index in [4.69, 9.17) is 4.42 Å². The lowest BCUT2D eigenvalue weighted by Gasteiger charge is -2.20. The molecule has 2 amide bonds. The SMILES string of the molecule is CCc1ccc(NC(=O)C(=O)NCC(C)(O)c2cc3ccccc3o2)cc1. The molecule has 1 atom stereocenters. The van der Waals surface area contributed by atoms with Gasteiger partial charge < -0.3 is 20.2 Å². The lowest BCUT2D eigenvalue weighted by Crippen LogP contribution is -2.43. The number of furan rings is 1. The van der Waals surface area contributed by atoms with E-state index in [2.05, 4.69) is 10.6 Å². The minimum Gasteiger partial charge on any atom is -0.458 e. The number of nitrogens with one attached hydrogen (secondary N) is 2. The normalized spacial score (nSPS) is 13.1. The monoisotopic (exact) mass is 366 g/mol. The first-order valence-electron chi connectivity index (χ1n) is 8.78. The van der Waals surface area contributed by atoms with Crippen LogP contribution in [0.25, 0.3) is 11.0 Å². The van der Waals surface area contributed by atoms with Gasteiger partial charge in [0.25, 0.3) is 0 Å². The Morgan fingerprint density at radius 2 is 1.78 bits per heavy atom. The summed E-state index contributed by atoms with van der Waals surface area (Å²) < 4.78 is 5.64. The fourth-order valence-corrected chi connectivity index (χ4v) is 2.68. The molecule has 0 saturated heterocycles. The smallest absolute Gasteiger partial charge is 0.313 e. The zero-order valence-corrected chi connectivity index (χ0v) is 15.3. The van der Waals surface area contributed by atoms with Crippen LogP contribution in [0.3, 0.4) is 0 Å². The molecule has 2 aromatic carbocycles. The number of carbonyl (C=O) groups is 2. The van der Waals surface area contributed by atoms with E-state index in [1.807, 2.05) is 37.3 Å². The van der Waals surface area contributed by atoms with Crippen LogP contribution in [0.5, 0.6) is 0 Å². The summed E-state index contributed by atoms with van der Waals surface area (Å²) >= 11 is 0. The maximum absolute atomic E-state index is 12.1. The minimum absolute atomic E-state index is 0.159. The molecule has 3 rings (SSSR count). The second-order valence-corrected chi connectivity index (χ2v) is 6.61. The Morgan fingerprint density at radius 3 is 2.44 bits per heavy atom. The standard InChI is InChI=1S/C21H22N2O4/c1-3-14-8-10-16(11-9-14)23-20(25)19(24)22-13-21(2,26)18-12-15-6-4-5-7-17(15)27-18/h4-12,26H,3,13H2,1-2H3,(H,22,24)(H,23,25). The predicted molar refractivity (Wildman–Crippen MR) is 103 cm³/mol. The van der Waals surface area contributed by atoms with Gasteiger partial charge in [0.1, 0.15) is 16.9 Å². The summed E-state index contributed by atoms with van der Waals surface area (Å²) in [5.74, 6) is -1.30. The van der Waals surface area contributed by atoms with Gasteiger partial charge in [-0.05, 0) is 43.2 Å². The molecule has 27 heavy (non-hydrogen) atoms. The van der Waals surface area contributed by atoms with Crippen LogP contribution in [-0.4, -0.2) is 23.5 Å². The highest BCUT2D eigenvalue weighted by molar-refractivity contribution is 6.39. The van der Waals surface area contributed by atoms with E-state index in [0.29, 0.717) is 17.0 Å². The molecule has 6 heteroatoms. The molecule has 0 aliphatic carbocycles. The molecule has 0 bridgehead atoms. The molecule has 0 fully saturated rings. The van der Waals surface area contributed by atoms with Crippen LogP contribution in [0.2, 0.25) is 0 Å². The number of para-hydroxylation sites is 1. The first-order chi connectivity index (χ1) is 12.9. The van der Waals surface area contributed by atoms with Gasteiger partial charge in [-0.1, -0.05) is 37.3 Å². The lowest BCUT2D eigenvalue weighted by molar-refractivity contribution is -0.136. The second-order valence-electron chi connectivity index (χ2n) is 6.61. The van der Waals surface area contributed by atoms with E-state index in [0.717, 1.165) is 17.4 Å². The Bertz CT molecular complexity index is 925. The molecular weight excluding hydrogens is 344 g/mol. The lowest BCUT2D eigenvalue weighted by atomic mass is 10.0. The largest absolute Gasteiger partial charge is 0.458 e. The number of anilines is 1. The number of aryl methyl sites for hydroxylation is 1. The summed E-state index contributed by atoms with van der Waals surface area (Å²) in [5, 5.41) is 16.5. The van der Waals surface area contributed by atoms with E-state index in [1.54, 1.807) is 24.3 Å². The predicted octanol–water partition coefficient (Wildman–Crippen LogP) is 2.96. The number of benzene rings is 2. The van der Waals surface area contributed by atoms with Crippen LogP contribution >= 0.6 is 0 Å².